The summed E-state index contributed by atoms with van der Waals surface area (Å²) in [5, 5.41) is 18.4. The van der Waals surface area contributed by atoms with Crippen molar-refractivity contribution >= 4 is 22.6 Å². The molecule has 0 saturated heterocycles. The van der Waals surface area contributed by atoms with E-state index in [9.17, 15) is 19.7 Å². The number of nitro groups is 1. The number of carbonyl (C=O) groups is 1. The average molecular weight is 460 g/mol. The van der Waals surface area contributed by atoms with Gasteiger partial charge in [-0.05, 0) is 17.5 Å². The number of fused-ring (bicyclic) bond motifs is 1. The third-order valence-corrected chi connectivity index (χ3v) is 5.67. The van der Waals surface area contributed by atoms with Crippen LogP contribution in [-0.2, 0) is 17.9 Å². The molecule has 10 nitrogen and oxygen atoms in total. The van der Waals surface area contributed by atoms with Crippen molar-refractivity contribution in [1.29, 1.82) is 0 Å². The number of benzene rings is 2. The number of nitrogens with zero attached hydrogens (tertiary/aromatic N) is 5. The number of amides is 1. The van der Waals surface area contributed by atoms with Gasteiger partial charge in [0.25, 0.3) is 11.2 Å². The minimum Gasteiger partial charge on any atom is -0.354 e. The van der Waals surface area contributed by atoms with Crippen LogP contribution in [0.2, 0.25) is 0 Å². The van der Waals surface area contributed by atoms with E-state index in [2.05, 4.69) is 15.4 Å². The van der Waals surface area contributed by atoms with E-state index in [0.29, 0.717) is 30.5 Å². The zero-order valence-corrected chi connectivity index (χ0v) is 18.6. The molecule has 4 aromatic rings. The minimum absolute atomic E-state index is 0.00734. The predicted molar refractivity (Wildman–Crippen MR) is 126 cm³/mol. The lowest BCUT2D eigenvalue weighted by Crippen LogP contribution is -2.32. The fourth-order valence-corrected chi connectivity index (χ4v) is 3.86. The summed E-state index contributed by atoms with van der Waals surface area (Å²) in [5.74, 6) is -0.274. The fourth-order valence-electron chi connectivity index (χ4n) is 3.86. The summed E-state index contributed by atoms with van der Waals surface area (Å²) < 4.78 is 3.03. The number of aromatic nitrogens is 4. The summed E-state index contributed by atoms with van der Waals surface area (Å²) in [6.45, 7) is 2.94. The lowest BCUT2D eigenvalue weighted by molar-refractivity contribution is -0.384. The lowest BCUT2D eigenvalue weighted by atomic mass is 9.96. The molecule has 0 fully saturated rings. The summed E-state index contributed by atoms with van der Waals surface area (Å²) in [5.41, 5.74) is 1.89. The Balaban J connectivity index is 1.42. The van der Waals surface area contributed by atoms with E-state index in [1.165, 1.54) is 29.2 Å². The molecule has 1 atom stereocenters. The van der Waals surface area contributed by atoms with Crippen LogP contribution in [0, 0.1) is 10.1 Å². The molecule has 0 radical (unpaired) electrons. The average Bonchev–Trinajstić information content (AvgIpc) is 3.26. The Morgan fingerprint density at radius 1 is 1.15 bits per heavy atom. The van der Waals surface area contributed by atoms with E-state index in [0.717, 1.165) is 11.1 Å². The highest BCUT2D eigenvalue weighted by molar-refractivity contribution is 5.83. The number of non-ortho nitro benzene ring substituents is 1. The van der Waals surface area contributed by atoms with E-state index in [-0.39, 0.29) is 29.6 Å². The second-order valence-electron chi connectivity index (χ2n) is 7.87. The first-order valence-corrected chi connectivity index (χ1v) is 10.9. The third-order valence-electron chi connectivity index (χ3n) is 5.67. The molecule has 0 aliphatic rings. The van der Waals surface area contributed by atoms with Gasteiger partial charge in [0.05, 0.1) is 30.1 Å². The van der Waals surface area contributed by atoms with Crippen molar-refractivity contribution < 1.29 is 9.72 Å². The second-order valence-corrected chi connectivity index (χ2v) is 7.87. The first kappa shape index (κ1) is 22.8. The molecular weight excluding hydrogens is 436 g/mol. The van der Waals surface area contributed by atoms with Gasteiger partial charge in [-0.15, -0.1) is 0 Å². The van der Waals surface area contributed by atoms with Gasteiger partial charge in [0.2, 0.25) is 5.91 Å². The molecular formula is C24H24N6O4. The van der Waals surface area contributed by atoms with E-state index >= 15 is 0 Å². The summed E-state index contributed by atoms with van der Waals surface area (Å²) >= 11 is 0. The topological polar surface area (TPSA) is 125 Å². The van der Waals surface area contributed by atoms with Crippen molar-refractivity contribution in [2.24, 2.45) is 0 Å². The van der Waals surface area contributed by atoms with E-state index < -0.39 is 4.92 Å². The van der Waals surface area contributed by atoms with Gasteiger partial charge in [-0.1, -0.05) is 49.4 Å². The van der Waals surface area contributed by atoms with Gasteiger partial charge in [-0.2, -0.15) is 5.10 Å². The first-order chi connectivity index (χ1) is 16.5. The Kier molecular flexibility index (Phi) is 6.77. The van der Waals surface area contributed by atoms with Crippen LogP contribution in [0.3, 0.4) is 0 Å². The molecule has 2 aromatic carbocycles. The van der Waals surface area contributed by atoms with Crippen LogP contribution in [0.25, 0.3) is 11.0 Å². The number of hydrogen-bond donors (Lipinski definition) is 1. The number of nitro benzene ring substituents is 1. The zero-order valence-electron chi connectivity index (χ0n) is 18.6. The summed E-state index contributed by atoms with van der Waals surface area (Å²) in [4.78, 5) is 40.3. The zero-order chi connectivity index (χ0) is 24.1. The normalized spacial score (nSPS) is 11.9. The highest BCUT2D eigenvalue weighted by Crippen LogP contribution is 2.19. The molecule has 174 valence electrons. The van der Waals surface area contributed by atoms with Crippen LogP contribution in [-0.4, -0.2) is 36.7 Å². The van der Waals surface area contributed by atoms with Gasteiger partial charge in [0.15, 0.2) is 5.65 Å². The van der Waals surface area contributed by atoms with Crippen LogP contribution in [0.4, 0.5) is 5.69 Å². The van der Waals surface area contributed by atoms with Crippen LogP contribution >= 0.6 is 0 Å². The van der Waals surface area contributed by atoms with Crippen molar-refractivity contribution in [2.45, 2.75) is 32.4 Å². The Morgan fingerprint density at radius 3 is 2.56 bits per heavy atom. The molecule has 1 amide bonds. The maximum absolute atomic E-state index is 12.9. The fraction of sp³-hybridized carbons (Fsp3) is 0.250. The number of rotatable bonds is 9. The van der Waals surface area contributed by atoms with Crippen LogP contribution < -0.4 is 10.9 Å². The summed E-state index contributed by atoms with van der Waals surface area (Å²) in [6, 6.07) is 15.7. The highest BCUT2D eigenvalue weighted by atomic mass is 16.6. The summed E-state index contributed by atoms with van der Waals surface area (Å²) in [7, 11) is 0. The van der Waals surface area contributed by atoms with Crippen molar-refractivity contribution in [3.63, 3.8) is 0 Å². The van der Waals surface area contributed by atoms with E-state index in [1.54, 1.807) is 16.8 Å². The Morgan fingerprint density at radius 2 is 1.88 bits per heavy atom. The number of nitrogens with one attached hydrogen (secondary N) is 1. The van der Waals surface area contributed by atoms with Crippen LogP contribution in [0.15, 0.2) is 71.9 Å². The first-order valence-electron chi connectivity index (χ1n) is 10.9. The molecule has 2 aromatic heterocycles. The maximum atomic E-state index is 12.9. The molecule has 0 bridgehead atoms. The lowest BCUT2D eigenvalue weighted by Gasteiger charge is -2.15. The second kappa shape index (κ2) is 10.1. The third kappa shape index (κ3) is 4.85. The quantitative estimate of drug-likeness (QED) is 0.302. The smallest absolute Gasteiger partial charge is 0.269 e. The largest absolute Gasteiger partial charge is 0.354 e. The Hall–Kier alpha value is -4.34. The monoisotopic (exact) mass is 460 g/mol. The minimum atomic E-state index is -0.468. The maximum Gasteiger partial charge on any atom is 0.269 e. The van der Waals surface area contributed by atoms with E-state index in [4.69, 9.17) is 0 Å². The van der Waals surface area contributed by atoms with Crippen molar-refractivity contribution in [3.8, 4) is 0 Å². The number of carbonyl (C=O) groups excluding carboxylic acids is 1. The van der Waals surface area contributed by atoms with Gasteiger partial charge in [0.1, 0.15) is 11.7 Å². The number of hydrogen-bond acceptors (Lipinski definition) is 6. The molecule has 0 aliphatic carbocycles. The van der Waals surface area contributed by atoms with Crippen molar-refractivity contribution in [1.82, 2.24) is 24.6 Å². The van der Waals surface area contributed by atoms with Gasteiger partial charge < -0.3 is 5.32 Å². The Labute approximate surface area is 195 Å². The molecule has 0 saturated carbocycles. The molecule has 10 heteroatoms. The van der Waals surface area contributed by atoms with Gasteiger partial charge in [-0.25, -0.2) is 9.67 Å². The Bertz CT molecular complexity index is 1360. The van der Waals surface area contributed by atoms with Crippen molar-refractivity contribution in [3.05, 3.63) is 98.7 Å². The highest BCUT2D eigenvalue weighted by Gasteiger charge is 2.18. The molecule has 0 aliphatic heterocycles. The van der Waals surface area contributed by atoms with Gasteiger partial charge in [-0.3, -0.25) is 24.3 Å². The molecule has 1 unspecified atom stereocenters. The van der Waals surface area contributed by atoms with Crippen LogP contribution in [0.5, 0.6) is 0 Å². The van der Waals surface area contributed by atoms with Crippen molar-refractivity contribution in [2.75, 3.05) is 6.54 Å². The van der Waals surface area contributed by atoms with E-state index in [1.807, 2.05) is 37.3 Å². The SMILES string of the molecule is CCC(C(=O)NCCn1ncc2c(=O)n(Cc3ccc([N+](=O)[O-])cc3)cnc21)c1ccccc1. The molecule has 1 N–H and O–H groups in total. The molecule has 0 spiro atoms. The van der Waals surface area contributed by atoms with Gasteiger partial charge in [0, 0.05) is 18.7 Å². The van der Waals surface area contributed by atoms with Crippen LogP contribution in [0.1, 0.15) is 30.4 Å². The summed E-state index contributed by atoms with van der Waals surface area (Å²) in [6.07, 6.45) is 3.60. The van der Waals surface area contributed by atoms with Gasteiger partial charge >= 0.3 is 0 Å². The predicted octanol–water partition coefficient (Wildman–Crippen LogP) is 2.86. The molecule has 34 heavy (non-hydrogen) atoms. The molecule has 4 rings (SSSR count). The standard InChI is InChI=1S/C24H24N6O4/c1-2-20(18-6-4-3-5-7-18)23(31)25-12-13-29-22-21(14-27-29)24(32)28(16-26-22)15-17-8-10-19(11-9-17)30(33)34/h3-11,14,16,20H,2,12-13,15H2,1H3,(H,25,31). The molecule has 2 heterocycles.